The first kappa shape index (κ1) is 26.4. The van der Waals surface area contributed by atoms with Crippen LogP contribution in [-0.4, -0.2) is 86.7 Å². The fourth-order valence-corrected chi connectivity index (χ4v) is 3.77. The van der Waals surface area contributed by atoms with E-state index in [4.69, 9.17) is 4.74 Å². The number of likely N-dealkylation sites (N-methyl/N-ethyl adjacent to an activating group) is 1. The number of piperidine rings is 1. The number of hydrogen-bond acceptors (Lipinski definition) is 4. The maximum absolute atomic E-state index is 12.0. The Morgan fingerprint density at radius 2 is 1.66 bits per heavy atom. The summed E-state index contributed by atoms with van der Waals surface area (Å²) in [6, 6.07) is 0.884. The first-order chi connectivity index (χ1) is 13.4. The summed E-state index contributed by atoms with van der Waals surface area (Å²) in [7, 11) is 3.55. The first-order valence-electron chi connectivity index (χ1n) is 11.1. The third-order valence-corrected chi connectivity index (χ3v) is 5.60. The van der Waals surface area contributed by atoms with E-state index in [1.54, 1.807) is 19.0 Å². The van der Waals surface area contributed by atoms with Crippen LogP contribution in [0.15, 0.2) is 4.99 Å². The highest BCUT2D eigenvalue weighted by Gasteiger charge is 2.22. The Morgan fingerprint density at radius 1 is 1.07 bits per heavy atom. The Morgan fingerprint density at radius 3 is 2.21 bits per heavy atom. The SMILES string of the molecule is CC(C)OCCN1CCC(NC(=NCC(=O)N(C)C)NC2CCCCC2)CC1.I. The minimum atomic E-state index is 0. The van der Waals surface area contributed by atoms with E-state index in [9.17, 15) is 4.79 Å². The molecule has 1 heterocycles. The second-order valence-electron chi connectivity index (χ2n) is 8.61. The van der Waals surface area contributed by atoms with Crippen molar-refractivity contribution in [2.45, 2.75) is 77.0 Å². The van der Waals surface area contributed by atoms with Gasteiger partial charge in [0.15, 0.2) is 5.96 Å². The summed E-state index contributed by atoms with van der Waals surface area (Å²) >= 11 is 0. The van der Waals surface area contributed by atoms with Gasteiger partial charge in [-0.2, -0.15) is 0 Å². The van der Waals surface area contributed by atoms with E-state index in [2.05, 4.69) is 34.4 Å². The molecule has 2 aliphatic rings. The minimum Gasteiger partial charge on any atom is -0.377 e. The third-order valence-electron chi connectivity index (χ3n) is 5.60. The van der Waals surface area contributed by atoms with Gasteiger partial charge < -0.3 is 25.2 Å². The van der Waals surface area contributed by atoms with Crippen molar-refractivity contribution < 1.29 is 9.53 Å². The summed E-state index contributed by atoms with van der Waals surface area (Å²) in [6.45, 7) is 8.32. The third kappa shape index (κ3) is 10.8. The summed E-state index contributed by atoms with van der Waals surface area (Å²) < 4.78 is 5.67. The summed E-state index contributed by atoms with van der Waals surface area (Å²) in [5.41, 5.74) is 0. The molecule has 1 saturated carbocycles. The van der Waals surface area contributed by atoms with E-state index in [-0.39, 0.29) is 36.4 Å². The molecule has 0 bridgehead atoms. The van der Waals surface area contributed by atoms with E-state index < -0.39 is 0 Å². The predicted octanol–water partition coefficient (Wildman–Crippen LogP) is 2.45. The minimum absolute atomic E-state index is 0. The lowest BCUT2D eigenvalue weighted by molar-refractivity contribution is -0.127. The number of carbonyl (C=O) groups is 1. The number of guanidine groups is 1. The number of likely N-dealkylation sites (tertiary alicyclic amines) is 1. The molecule has 170 valence electrons. The maximum Gasteiger partial charge on any atom is 0.243 e. The van der Waals surface area contributed by atoms with Gasteiger partial charge in [0.1, 0.15) is 6.54 Å². The maximum atomic E-state index is 12.0. The lowest BCUT2D eigenvalue weighted by Gasteiger charge is -2.34. The number of nitrogens with one attached hydrogen (secondary N) is 2. The number of amides is 1. The van der Waals surface area contributed by atoms with Crippen molar-refractivity contribution in [2.24, 2.45) is 4.99 Å². The van der Waals surface area contributed by atoms with Crippen molar-refractivity contribution in [3.05, 3.63) is 0 Å². The molecule has 0 aromatic heterocycles. The van der Waals surface area contributed by atoms with Crippen LogP contribution in [0.5, 0.6) is 0 Å². The number of halogens is 1. The summed E-state index contributed by atoms with van der Waals surface area (Å²) in [5, 5.41) is 7.19. The highest BCUT2D eigenvalue weighted by Crippen LogP contribution is 2.17. The van der Waals surface area contributed by atoms with Gasteiger partial charge in [0.05, 0.1) is 12.7 Å². The van der Waals surface area contributed by atoms with Crippen LogP contribution in [-0.2, 0) is 9.53 Å². The van der Waals surface area contributed by atoms with Gasteiger partial charge >= 0.3 is 0 Å². The van der Waals surface area contributed by atoms with Crippen molar-refractivity contribution in [2.75, 3.05) is 46.9 Å². The van der Waals surface area contributed by atoms with Crippen molar-refractivity contribution in [1.29, 1.82) is 0 Å². The Kier molecular flexibility index (Phi) is 13.1. The Labute approximate surface area is 194 Å². The quantitative estimate of drug-likeness (QED) is 0.291. The first-order valence-corrected chi connectivity index (χ1v) is 11.1. The molecule has 1 aliphatic carbocycles. The average Bonchev–Trinajstić information content (AvgIpc) is 2.67. The molecular formula is C21H42IN5O2. The molecule has 0 atom stereocenters. The van der Waals surface area contributed by atoms with E-state index in [1.165, 1.54) is 32.1 Å². The summed E-state index contributed by atoms with van der Waals surface area (Å²) in [4.78, 5) is 20.6. The van der Waals surface area contributed by atoms with Crippen LogP contribution in [0.1, 0.15) is 58.8 Å². The van der Waals surface area contributed by atoms with Crippen LogP contribution in [0.25, 0.3) is 0 Å². The van der Waals surface area contributed by atoms with Gasteiger partial charge in [-0.3, -0.25) is 4.79 Å². The van der Waals surface area contributed by atoms with Gasteiger partial charge in [-0.05, 0) is 39.5 Å². The second kappa shape index (κ2) is 14.4. The number of rotatable bonds is 8. The van der Waals surface area contributed by atoms with Gasteiger partial charge in [0, 0.05) is 45.8 Å². The van der Waals surface area contributed by atoms with E-state index in [0.717, 1.165) is 45.0 Å². The molecular weight excluding hydrogens is 481 g/mol. The molecule has 1 amide bonds. The molecule has 0 aromatic carbocycles. The molecule has 1 saturated heterocycles. The fraction of sp³-hybridized carbons (Fsp3) is 0.905. The van der Waals surface area contributed by atoms with Crippen LogP contribution in [0.3, 0.4) is 0 Å². The summed E-state index contributed by atoms with van der Waals surface area (Å²) in [5.74, 6) is 0.841. The van der Waals surface area contributed by atoms with E-state index >= 15 is 0 Å². The van der Waals surface area contributed by atoms with Gasteiger partial charge in [-0.25, -0.2) is 4.99 Å². The van der Waals surface area contributed by atoms with E-state index in [0.29, 0.717) is 18.2 Å². The largest absolute Gasteiger partial charge is 0.377 e. The number of nitrogens with zero attached hydrogens (tertiary/aromatic N) is 3. The van der Waals surface area contributed by atoms with Crippen LogP contribution < -0.4 is 10.6 Å². The molecule has 0 aromatic rings. The molecule has 0 spiro atoms. The molecule has 0 unspecified atom stereocenters. The van der Waals surface area contributed by atoms with Gasteiger partial charge in [-0.15, -0.1) is 24.0 Å². The lowest BCUT2D eigenvalue weighted by atomic mass is 9.95. The monoisotopic (exact) mass is 523 g/mol. The summed E-state index contributed by atoms with van der Waals surface area (Å²) in [6.07, 6.45) is 8.75. The Balaban J connectivity index is 0.00000420. The van der Waals surface area contributed by atoms with Gasteiger partial charge in [0.2, 0.25) is 5.91 Å². The molecule has 0 radical (unpaired) electrons. The second-order valence-corrected chi connectivity index (χ2v) is 8.61. The topological polar surface area (TPSA) is 69.2 Å². The number of hydrogen-bond donors (Lipinski definition) is 2. The smallest absolute Gasteiger partial charge is 0.243 e. The normalized spacial score (nSPS) is 19.7. The van der Waals surface area contributed by atoms with Crippen molar-refractivity contribution >= 4 is 35.8 Å². The lowest BCUT2D eigenvalue weighted by Crippen LogP contribution is -2.51. The van der Waals surface area contributed by atoms with Crippen molar-refractivity contribution in [3.8, 4) is 0 Å². The zero-order valence-electron chi connectivity index (χ0n) is 18.8. The van der Waals surface area contributed by atoms with E-state index in [1.807, 2.05) is 0 Å². The highest BCUT2D eigenvalue weighted by molar-refractivity contribution is 14.0. The Hall–Kier alpha value is -0.610. The number of ether oxygens (including phenoxy) is 1. The molecule has 29 heavy (non-hydrogen) atoms. The van der Waals surface area contributed by atoms with Crippen molar-refractivity contribution in [3.63, 3.8) is 0 Å². The van der Waals surface area contributed by atoms with Gasteiger partial charge in [-0.1, -0.05) is 19.3 Å². The number of aliphatic imine (C=N–C) groups is 1. The standard InChI is InChI=1S/C21H41N5O2.HI/c1-17(2)28-15-14-26-12-10-19(11-13-26)24-21(22-16-20(27)25(3)4)23-18-8-6-5-7-9-18;/h17-19H,5-16H2,1-4H3,(H2,22,23,24);1H. The van der Waals surface area contributed by atoms with Crippen LogP contribution >= 0.6 is 24.0 Å². The van der Waals surface area contributed by atoms with Crippen LogP contribution in [0.4, 0.5) is 0 Å². The molecule has 1 aliphatic heterocycles. The molecule has 2 N–H and O–H groups in total. The zero-order valence-corrected chi connectivity index (χ0v) is 21.1. The van der Waals surface area contributed by atoms with Crippen LogP contribution in [0.2, 0.25) is 0 Å². The predicted molar refractivity (Wildman–Crippen MR) is 130 cm³/mol. The zero-order chi connectivity index (χ0) is 20.4. The Bertz CT molecular complexity index is 487. The fourth-order valence-electron chi connectivity index (χ4n) is 3.77. The molecule has 8 heteroatoms. The average molecular weight is 524 g/mol. The molecule has 7 nitrogen and oxygen atoms in total. The molecule has 2 fully saturated rings. The van der Waals surface area contributed by atoms with Crippen molar-refractivity contribution in [1.82, 2.24) is 20.4 Å². The number of carbonyl (C=O) groups excluding carboxylic acids is 1. The molecule has 2 rings (SSSR count). The van der Waals surface area contributed by atoms with Gasteiger partial charge in [0.25, 0.3) is 0 Å². The highest BCUT2D eigenvalue weighted by atomic mass is 127. The van der Waals surface area contributed by atoms with Crippen LogP contribution in [0, 0.1) is 0 Å².